The molecule has 4 aromatic rings. The molecule has 4 rings (SSSR count). The van der Waals surface area contributed by atoms with E-state index in [-0.39, 0.29) is 4.90 Å². The lowest BCUT2D eigenvalue weighted by molar-refractivity contribution is -0.120. The van der Waals surface area contributed by atoms with Gasteiger partial charge >= 0.3 is 0 Å². The third-order valence-electron chi connectivity index (χ3n) is 6.14. The second-order valence-corrected chi connectivity index (χ2v) is 11.4. The molecule has 4 aromatic carbocycles. The molecular weight excluding hydrogens is 504 g/mol. The first-order valence-electron chi connectivity index (χ1n) is 11.9. The highest BCUT2D eigenvalue weighted by atomic mass is 35.5. The van der Waals surface area contributed by atoms with Gasteiger partial charge in [0.1, 0.15) is 6.54 Å². The number of hydrogen-bond donors (Lipinski definition) is 1. The molecule has 5 nitrogen and oxygen atoms in total. The third kappa shape index (κ3) is 6.21. The van der Waals surface area contributed by atoms with Crippen molar-refractivity contribution < 1.29 is 13.2 Å². The van der Waals surface area contributed by atoms with E-state index in [4.69, 9.17) is 11.6 Å². The Morgan fingerprint density at radius 1 is 0.811 bits per heavy atom. The van der Waals surface area contributed by atoms with Crippen molar-refractivity contribution in [1.82, 2.24) is 5.32 Å². The molecule has 0 saturated carbocycles. The largest absolute Gasteiger partial charge is 0.344 e. The Kier molecular flexibility index (Phi) is 8.00. The summed E-state index contributed by atoms with van der Waals surface area (Å²) in [6.07, 6.45) is 0. The Bertz CT molecular complexity index is 1500. The summed E-state index contributed by atoms with van der Waals surface area (Å²) in [4.78, 5) is 13.6. The normalized spacial score (nSPS) is 12.1. The molecule has 0 heterocycles. The predicted molar refractivity (Wildman–Crippen MR) is 150 cm³/mol. The number of amides is 1. The zero-order valence-electron chi connectivity index (χ0n) is 21.0. The molecule has 0 aromatic heterocycles. The van der Waals surface area contributed by atoms with Gasteiger partial charge in [0, 0.05) is 5.02 Å². The number of sulfonamides is 1. The summed E-state index contributed by atoms with van der Waals surface area (Å²) < 4.78 is 28.7. The molecule has 0 spiro atoms. The molecule has 1 atom stereocenters. The first-order valence-corrected chi connectivity index (χ1v) is 13.7. The SMILES string of the molecule is Cc1ccc(S(=O)(=O)N(CC(=O)NC(c2ccccc2)c2cccc(C)c2)c2ccc(Cl)cc2C)cc1. The topological polar surface area (TPSA) is 66.5 Å². The van der Waals surface area contributed by atoms with Crippen molar-refractivity contribution in [2.75, 3.05) is 10.8 Å². The standard InChI is InChI=1S/C30H29ClN2O3S/c1-21-12-15-27(16-13-21)37(35,36)33(28-17-14-26(31)19-23(28)3)20-29(34)32-30(24-9-5-4-6-10-24)25-11-7-8-22(2)18-25/h4-19,30H,20H2,1-3H3,(H,32,34). The number of carbonyl (C=O) groups excluding carboxylic acids is 1. The molecule has 1 N–H and O–H groups in total. The van der Waals surface area contributed by atoms with Crippen LogP contribution in [0.3, 0.4) is 0 Å². The predicted octanol–water partition coefficient (Wildman–Crippen LogP) is 6.37. The van der Waals surface area contributed by atoms with Crippen LogP contribution in [0.5, 0.6) is 0 Å². The molecule has 0 bridgehead atoms. The minimum atomic E-state index is -4.04. The van der Waals surface area contributed by atoms with E-state index >= 15 is 0 Å². The number of carbonyl (C=O) groups is 1. The Morgan fingerprint density at radius 2 is 1.49 bits per heavy atom. The van der Waals surface area contributed by atoms with Crippen molar-refractivity contribution >= 4 is 33.2 Å². The maximum Gasteiger partial charge on any atom is 0.264 e. The Hall–Kier alpha value is -3.61. The third-order valence-corrected chi connectivity index (χ3v) is 8.15. The van der Waals surface area contributed by atoms with Crippen LogP contribution in [-0.2, 0) is 14.8 Å². The zero-order valence-corrected chi connectivity index (χ0v) is 22.6. The van der Waals surface area contributed by atoms with Gasteiger partial charge in [-0.1, -0.05) is 89.5 Å². The van der Waals surface area contributed by atoms with Crippen molar-refractivity contribution in [3.05, 3.63) is 130 Å². The van der Waals surface area contributed by atoms with Crippen LogP contribution in [0.2, 0.25) is 5.02 Å². The molecule has 37 heavy (non-hydrogen) atoms. The van der Waals surface area contributed by atoms with E-state index in [1.807, 2.05) is 68.4 Å². The van der Waals surface area contributed by atoms with E-state index in [1.165, 1.54) is 0 Å². The lowest BCUT2D eigenvalue weighted by Gasteiger charge is -2.27. The fourth-order valence-corrected chi connectivity index (χ4v) is 5.94. The fraction of sp³-hybridized carbons (Fsp3) is 0.167. The smallest absolute Gasteiger partial charge is 0.264 e. The van der Waals surface area contributed by atoms with Crippen LogP contribution in [0.4, 0.5) is 5.69 Å². The van der Waals surface area contributed by atoms with Gasteiger partial charge in [0.05, 0.1) is 16.6 Å². The van der Waals surface area contributed by atoms with Crippen molar-refractivity contribution in [1.29, 1.82) is 0 Å². The van der Waals surface area contributed by atoms with Crippen molar-refractivity contribution in [2.24, 2.45) is 0 Å². The monoisotopic (exact) mass is 532 g/mol. The summed E-state index contributed by atoms with van der Waals surface area (Å²) in [6.45, 7) is 5.26. The molecule has 190 valence electrons. The van der Waals surface area contributed by atoms with Crippen LogP contribution in [0.1, 0.15) is 33.9 Å². The van der Waals surface area contributed by atoms with Gasteiger partial charge < -0.3 is 5.32 Å². The molecule has 0 saturated heterocycles. The van der Waals surface area contributed by atoms with E-state index in [0.29, 0.717) is 16.3 Å². The highest BCUT2D eigenvalue weighted by Gasteiger charge is 2.29. The summed E-state index contributed by atoms with van der Waals surface area (Å²) in [7, 11) is -4.04. The first-order chi connectivity index (χ1) is 17.6. The minimum Gasteiger partial charge on any atom is -0.344 e. The fourth-order valence-electron chi connectivity index (χ4n) is 4.23. The van der Waals surface area contributed by atoms with Gasteiger partial charge in [0.25, 0.3) is 10.0 Å². The van der Waals surface area contributed by atoms with Gasteiger partial charge in [0.15, 0.2) is 0 Å². The van der Waals surface area contributed by atoms with E-state index in [1.54, 1.807) is 49.4 Å². The lowest BCUT2D eigenvalue weighted by Crippen LogP contribution is -2.42. The van der Waals surface area contributed by atoms with Gasteiger partial charge in [-0.15, -0.1) is 0 Å². The van der Waals surface area contributed by atoms with Crippen LogP contribution in [0, 0.1) is 20.8 Å². The highest BCUT2D eigenvalue weighted by Crippen LogP contribution is 2.29. The maximum atomic E-state index is 13.8. The Morgan fingerprint density at radius 3 is 2.14 bits per heavy atom. The van der Waals surface area contributed by atoms with Crippen LogP contribution in [0.15, 0.2) is 102 Å². The number of nitrogens with one attached hydrogen (secondary N) is 1. The van der Waals surface area contributed by atoms with Crippen LogP contribution < -0.4 is 9.62 Å². The quantitative estimate of drug-likeness (QED) is 0.287. The zero-order chi connectivity index (χ0) is 26.6. The van der Waals surface area contributed by atoms with Gasteiger partial charge in [-0.2, -0.15) is 0 Å². The number of benzene rings is 4. The molecule has 7 heteroatoms. The second-order valence-electron chi connectivity index (χ2n) is 9.08. The van der Waals surface area contributed by atoms with Crippen molar-refractivity contribution in [3.8, 4) is 0 Å². The van der Waals surface area contributed by atoms with E-state index in [2.05, 4.69) is 5.32 Å². The summed E-state index contributed by atoms with van der Waals surface area (Å²) in [6, 6.07) is 28.6. The minimum absolute atomic E-state index is 0.110. The number of anilines is 1. The average molecular weight is 533 g/mol. The van der Waals surface area contributed by atoms with Gasteiger partial charge in [-0.25, -0.2) is 8.42 Å². The van der Waals surface area contributed by atoms with Crippen LogP contribution in [-0.4, -0.2) is 20.9 Å². The van der Waals surface area contributed by atoms with E-state index in [0.717, 1.165) is 26.6 Å². The van der Waals surface area contributed by atoms with Crippen LogP contribution >= 0.6 is 11.6 Å². The first kappa shape index (κ1) is 26.5. The maximum absolute atomic E-state index is 13.8. The summed E-state index contributed by atoms with van der Waals surface area (Å²) in [5.41, 5.74) is 4.86. The van der Waals surface area contributed by atoms with Crippen LogP contribution in [0.25, 0.3) is 0 Å². The average Bonchev–Trinajstić information content (AvgIpc) is 2.87. The molecular formula is C30H29ClN2O3S. The van der Waals surface area contributed by atoms with Crippen molar-refractivity contribution in [2.45, 2.75) is 31.7 Å². The van der Waals surface area contributed by atoms with Crippen molar-refractivity contribution in [3.63, 3.8) is 0 Å². The number of rotatable bonds is 8. The molecule has 0 aliphatic heterocycles. The number of halogens is 1. The number of hydrogen-bond acceptors (Lipinski definition) is 3. The number of nitrogens with zero attached hydrogens (tertiary/aromatic N) is 1. The highest BCUT2D eigenvalue weighted by molar-refractivity contribution is 7.92. The Balaban J connectivity index is 1.72. The van der Waals surface area contributed by atoms with Gasteiger partial charge in [-0.05, 0) is 67.8 Å². The van der Waals surface area contributed by atoms with Gasteiger partial charge in [0.2, 0.25) is 5.91 Å². The van der Waals surface area contributed by atoms with E-state index in [9.17, 15) is 13.2 Å². The summed E-state index contributed by atoms with van der Waals surface area (Å²) in [5.74, 6) is -0.430. The van der Waals surface area contributed by atoms with Gasteiger partial charge in [-0.3, -0.25) is 9.10 Å². The molecule has 0 radical (unpaired) electrons. The second kappa shape index (κ2) is 11.2. The molecule has 0 aliphatic carbocycles. The summed E-state index contributed by atoms with van der Waals surface area (Å²) in [5, 5.41) is 3.56. The summed E-state index contributed by atoms with van der Waals surface area (Å²) >= 11 is 6.15. The molecule has 1 amide bonds. The number of aryl methyl sites for hydroxylation is 3. The lowest BCUT2D eigenvalue weighted by atomic mass is 9.97. The van der Waals surface area contributed by atoms with E-state index < -0.39 is 28.5 Å². The molecule has 0 fully saturated rings. The Labute approximate surface area is 223 Å². The molecule has 0 aliphatic rings. The molecule has 1 unspecified atom stereocenters.